The van der Waals surface area contributed by atoms with Gasteiger partial charge in [-0.2, -0.15) is 0 Å². The lowest BCUT2D eigenvalue weighted by Crippen LogP contribution is -2.30. The first-order valence-electron chi connectivity index (χ1n) is 7.74. The maximum Gasteiger partial charge on any atom is 0.0363 e. The van der Waals surface area contributed by atoms with Crippen LogP contribution in [0.1, 0.15) is 30.4 Å². The Bertz CT molecular complexity index is 433. The van der Waals surface area contributed by atoms with Gasteiger partial charge < -0.3 is 9.80 Å². The number of fused-ring (bicyclic) bond motifs is 1. The monoisotopic (exact) mass is 258 g/mol. The molecule has 0 amide bonds. The summed E-state index contributed by atoms with van der Waals surface area (Å²) in [5, 5.41) is 0. The molecule has 1 aliphatic carbocycles. The van der Waals surface area contributed by atoms with Crippen LogP contribution in [-0.4, -0.2) is 38.6 Å². The maximum absolute atomic E-state index is 2.67. The Morgan fingerprint density at radius 2 is 1.95 bits per heavy atom. The zero-order valence-corrected chi connectivity index (χ0v) is 12.4. The molecule has 104 valence electrons. The highest BCUT2D eigenvalue weighted by Crippen LogP contribution is 2.29. The van der Waals surface area contributed by atoms with Gasteiger partial charge in [0.15, 0.2) is 0 Å². The van der Waals surface area contributed by atoms with E-state index in [0.717, 1.165) is 5.92 Å². The Morgan fingerprint density at radius 1 is 1.16 bits per heavy atom. The zero-order chi connectivity index (χ0) is 13.2. The van der Waals surface area contributed by atoms with Crippen LogP contribution in [0, 0.1) is 5.92 Å². The molecule has 0 aromatic heterocycles. The van der Waals surface area contributed by atoms with Crippen LogP contribution in [0.4, 0.5) is 5.69 Å². The molecule has 2 nitrogen and oxygen atoms in total. The van der Waals surface area contributed by atoms with Gasteiger partial charge in [-0.15, -0.1) is 0 Å². The molecule has 2 heteroatoms. The molecule has 0 bridgehead atoms. The van der Waals surface area contributed by atoms with Crippen molar-refractivity contribution in [2.75, 3.05) is 38.6 Å². The standard InChI is InChI=1S/C17H26N2/c1-18(2)17-8-7-15-11-14(5-6-16(15)12-17)13-19-9-3-4-10-19/h7-8,12,14H,3-6,9-11,13H2,1-2H3. The molecule has 0 radical (unpaired) electrons. The minimum atomic E-state index is 0.885. The highest BCUT2D eigenvalue weighted by Gasteiger charge is 2.22. The third kappa shape index (κ3) is 2.94. The molecule has 1 saturated heterocycles. The Hall–Kier alpha value is -1.02. The van der Waals surface area contributed by atoms with Crippen LogP contribution in [-0.2, 0) is 12.8 Å². The van der Waals surface area contributed by atoms with Crippen LogP contribution in [0.15, 0.2) is 18.2 Å². The van der Waals surface area contributed by atoms with Gasteiger partial charge in [-0.05, 0) is 74.4 Å². The maximum atomic E-state index is 2.67. The van der Waals surface area contributed by atoms with E-state index in [-0.39, 0.29) is 0 Å². The minimum absolute atomic E-state index is 0.885. The first-order valence-corrected chi connectivity index (χ1v) is 7.74. The van der Waals surface area contributed by atoms with Crippen LogP contribution in [0.2, 0.25) is 0 Å². The highest BCUT2D eigenvalue weighted by molar-refractivity contribution is 5.50. The lowest BCUT2D eigenvalue weighted by molar-refractivity contribution is 0.262. The number of rotatable bonds is 3. The fourth-order valence-electron chi connectivity index (χ4n) is 3.58. The van der Waals surface area contributed by atoms with Gasteiger partial charge in [0.05, 0.1) is 0 Å². The van der Waals surface area contributed by atoms with E-state index in [1.54, 1.807) is 11.1 Å². The normalized spacial score (nSPS) is 23.4. The molecule has 1 atom stereocenters. The second-order valence-corrected chi connectivity index (χ2v) is 6.46. The first kappa shape index (κ1) is 13.0. The van der Waals surface area contributed by atoms with E-state index in [1.807, 2.05) is 0 Å². The van der Waals surface area contributed by atoms with Crippen molar-refractivity contribution < 1.29 is 0 Å². The van der Waals surface area contributed by atoms with E-state index in [2.05, 4.69) is 42.1 Å². The Labute approximate surface area is 117 Å². The van der Waals surface area contributed by atoms with E-state index < -0.39 is 0 Å². The van der Waals surface area contributed by atoms with Gasteiger partial charge in [0.25, 0.3) is 0 Å². The molecule has 2 aliphatic rings. The Morgan fingerprint density at radius 3 is 2.68 bits per heavy atom. The van der Waals surface area contributed by atoms with E-state index in [1.165, 1.54) is 57.4 Å². The van der Waals surface area contributed by atoms with Crippen molar-refractivity contribution in [1.29, 1.82) is 0 Å². The Kier molecular flexibility index (Phi) is 3.79. The van der Waals surface area contributed by atoms with Crippen molar-refractivity contribution in [3.05, 3.63) is 29.3 Å². The molecular weight excluding hydrogens is 232 g/mol. The molecule has 1 aromatic rings. The highest BCUT2D eigenvalue weighted by atomic mass is 15.1. The summed E-state index contributed by atoms with van der Waals surface area (Å²) in [5.41, 5.74) is 4.53. The minimum Gasteiger partial charge on any atom is -0.378 e. The number of benzene rings is 1. The number of likely N-dealkylation sites (tertiary alicyclic amines) is 1. The lowest BCUT2D eigenvalue weighted by Gasteiger charge is -2.29. The van der Waals surface area contributed by atoms with E-state index in [9.17, 15) is 0 Å². The predicted molar refractivity (Wildman–Crippen MR) is 82.0 cm³/mol. The molecule has 3 rings (SSSR count). The second kappa shape index (κ2) is 5.54. The topological polar surface area (TPSA) is 6.48 Å². The molecule has 0 N–H and O–H groups in total. The predicted octanol–water partition coefficient (Wildman–Crippen LogP) is 2.95. The van der Waals surface area contributed by atoms with Crippen LogP contribution in [0.3, 0.4) is 0 Å². The summed E-state index contributed by atoms with van der Waals surface area (Å²) in [6, 6.07) is 7.03. The van der Waals surface area contributed by atoms with E-state index in [4.69, 9.17) is 0 Å². The van der Waals surface area contributed by atoms with Crippen LogP contribution in [0.5, 0.6) is 0 Å². The van der Waals surface area contributed by atoms with Gasteiger partial charge in [0.2, 0.25) is 0 Å². The summed E-state index contributed by atoms with van der Waals surface area (Å²) < 4.78 is 0. The Balaban J connectivity index is 1.66. The molecule has 1 unspecified atom stereocenters. The van der Waals surface area contributed by atoms with Crippen molar-refractivity contribution in [3.8, 4) is 0 Å². The van der Waals surface area contributed by atoms with Gasteiger partial charge >= 0.3 is 0 Å². The summed E-state index contributed by atoms with van der Waals surface area (Å²) >= 11 is 0. The van der Waals surface area contributed by atoms with Crippen LogP contribution >= 0.6 is 0 Å². The molecule has 1 fully saturated rings. The average Bonchev–Trinajstić information content (AvgIpc) is 2.91. The number of anilines is 1. The third-order valence-corrected chi connectivity index (χ3v) is 4.75. The fourth-order valence-corrected chi connectivity index (χ4v) is 3.58. The molecule has 0 saturated carbocycles. The second-order valence-electron chi connectivity index (χ2n) is 6.46. The number of hydrogen-bond acceptors (Lipinski definition) is 2. The molecule has 1 aromatic carbocycles. The molecular formula is C17H26N2. The summed E-state index contributed by atoms with van der Waals surface area (Å²) in [7, 11) is 4.25. The van der Waals surface area contributed by atoms with Crippen molar-refractivity contribution in [2.45, 2.75) is 32.1 Å². The van der Waals surface area contributed by atoms with Crippen LogP contribution < -0.4 is 4.90 Å². The van der Waals surface area contributed by atoms with Gasteiger partial charge in [-0.3, -0.25) is 0 Å². The largest absolute Gasteiger partial charge is 0.378 e. The average molecular weight is 258 g/mol. The van der Waals surface area contributed by atoms with Crippen molar-refractivity contribution in [2.24, 2.45) is 5.92 Å². The number of hydrogen-bond donors (Lipinski definition) is 0. The van der Waals surface area contributed by atoms with E-state index >= 15 is 0 Å². The fraction of sp³-hybridized carbons (Fsp3) is 0.647. The smallest absolute Gasteiger partial charge is 0.0363 e. The van der Waals surface area contributed by atoms with Crippen molar-refractivity contribution in [3.63, 3.8) is 0 Å². The summed E-state index contributed by atoms with van der Waals surface area (Å²) in [6.45, 7) is 4.00. The summed E-state index contributed by atoms with van der Waals surface area (Å²) in [4.78, 5) is 4.88. The molecule has 0 spiro atoms. The molecule has 1 aliphatic heterocycles. The lowest BCUT2D eigenvalue weighted by atomic mass is 9.83. The summed E-state index contributed by atoms with van der Waals surface area (Å²) in [6.07, 6.45) is 6.76. The van der Waals surface area contributed by atoms with Gasteiger partial charge in [0, 0.05) is 26.3 Å². The van der Waals surface area contributed by atoms with E-state index in [0.29, 0.717) is 0 Å². The third-order valence-electron chi connectivity index (χ3n) is 4.75. The SMILES string of the molecule is CN(C)c1ccc2c(c1)CCC(CN1CCCC1)C2. The molecule has 19 heavy (non-hydrogen) atoms. The zero-order valence-electron chi connectivity index (χ0n) is 12.4. The van der Waals surface area contributed by atoms with Gasteiger partial charge in [-0.1, -0.05) is 6.07 Å². The number of aryl methyl sites for hydroxylation is 1. The quantitative estimate of drug-likeness (QED) is 0.822. The van der Waals surface area contributed by atoms with Crippen molar-refractivity contribution in [1.82, 2.24) is 4.90 Å². The van der Waals surface area contributed by atoms with Crippen LogP contribution in [0.25, 0.3) is 0 Å². The van der Waals surface area contributed by atoms with Crippen molar-refractivity contribution >= 4 is 5.69 Å². The number of nitrogens with zero attached hydrogens (tertiary/aromatic N) is 2. The van der Waals surface area contributed by atoms with Gasteiger partial charge in [0.1, 0.15) is 0 Å². The first-order chi connectivity index (χ1) is 9.22. The summed E-state index contributed by atoms with van der Waals surface area (Å²) in [5.74, 6) is 0.885. The van der Waals surface area contributed by atoms with Gasteiger partial charge in [-0.25, -0.2) is 0 Å². The molecule has 1 heterocycles.